The van der Waals surface area contributed by atoms with Crippen LogP contribution in [-0.4, -0.2) is 65.1 Å². The summed E-state index contributed by atoms with van der Waals surface area (Å²) in [6, 6.07) is 4.79. The highest BCUT2D eigenvalue weighted by atomic mass is 35.5. The Kier molecular flexibility index (Phi) is 6.19. The minimum Gasteiger partial charge on any atom is -0.314 e. The maximum atomic E-state index is 4.58. The summed E-state index contributed by atoms with van der Waals surface area (Å²) in [5, 5.41) is 4.54. The van der Waals surface area contributed by atoms with Gasteiger partial charge in [-0.15, -0.1) is 23.7 Å². The number of pyridine rings is 1. The Balaban J connectivity index is 0.00000169. The van der Waals surface area contributed by atoms with E-state index in [1.54, 1.807) is 11.3 Å². The molecule has 2 aliphatic rings. The zero-order valence-electron chi connectivity index (χ0n) is 13.7. The number of halogens is 1. The molecule has 7 heteroatoms. The highest BCUT2D eigenvalue weighted by molar-refractivity contribution is 7.15. The summed E-state index contributed by atoms with van der Waals surface area (Å²) in [5.74, 6) is 0. The quantitative estimate of drug-likeness (QED) is 0.899. The summed E-state index contributed by atoms with van der Waals surface area (Å²) in [5.41, 5.74) is 1.16. The molecule has 0 aromatic carbocycles. The van der Waals surface area contributed by atoms with Gasteiger partial charge in [-0.3, -0.25) is 14.8 Å². The number of nitrogens with zero attached hydrogens (tertiary/aromatic N) is 4. The van der Waals surface area contributed by atoms with Gasteiger partial charge in [-0.2, -0.15) is 0 Å². The second-order valence-corrected chi connectivity index (χ2v) is 7.45. The van der Waals surface area contributed by atoms with E-state index in [-0.39, 0.29) is 12.4 Å². The van der Waals surface area contributed by atoms with Gasteiger partial charge in [0.15, 0.2) is 0 Å². The van der Waals surface area contributed by atoms with Gasteiger partial charge in [0.1, 0.15) is 5.01 Å². The predicted octanol–water partition coefficient (Wildman–Crippen LogP) is 2.11. The normalized spacial score (nSPS) is 22.4. The smallest absolute Gasteiger partial charge is 0.123 e. The van der Waals surface area contributed by atoms with Gasteiger partial charge in [0.25, 0.3) is 0 Å². The lowest BCUT2D eigenvalue weighted by atomic mass is 10.2. The molecule has 24 heavy (non-hydrogen) atoms. The van der Waals surface area contributed by atoms with Crippen molar-refractivity contribution in [1.82, 2.24) is 25.1 Å². The van der Waals surface area contributed by atoms with Crippen molar-refractivity contribution in [3.8, 4) is 10.6 Å². The van der Waals surface area contributed by atoms with E-state index in [2.05, 4.69) is 25.1 Å². The fourth-order valence-electron chi connectivity index (χ4n) is 3.53. The summed E-state index contributed by atoms with van der Waals surface area (Å²) in [7, 11) is 0. The van der Waals surface area contributed by atoms with Gasteiger partial charge in [0.05, 0.1) is 0 Å². The van der Waals surface area contributed by atoms with Crippen LogP contribution in [0.15, 0.2) is 30.7 Å². The predicted molar refractivity (Wildman–Crippen MR) is 101 cm³/mol. The first-order valence-electron chi connectivity index (χ1n) is 8.41. The Hall–Kier alpha value is -1.05. The van der Waals surface area contributed by atoms with Crippen LogP contribution in [0.25, 0.3) is 10.6 Å². The first-order valence-corrected chi connectivity index (χ1v) is 9.22. The Morgan fingerprint density at radius 1 is 1.17 bits per heavy atom. The molecule has 4 heterocycles. The van der Waals surface area contributed by atoms with Crippen LogP contribution in [0.1, 0.15) is 11.3 Å². The average Bonchev–Trinajstić information content (AvgIpc) is 3.27. The standard InChI is InChI=1S/C17H23N5S.ClH/c1-4-18-5-2-14(1)17-20-11-16(23-17)13-21-8-3-15(12-21)22-9-6-19-7-10-22;/h1-2,4-5,11,15,19H,3,6-10,12-13H2;1H. The van der Waals surface area contributed by atoms with Crippen LogP contribution in [0.4, 0.5) is 0 Å². The highest BCUT2D eigenvalue weighted by Gasteiger charge is 2.28. The minimum atomic E-state index is 0. The van der Waals surface area contributed by atoms with Crippen molar-refractivity contribution in [1.29, 1.82) is 0 Å². The van der Waals surface area contributed by atoms with Crippen molar-refractivity contribution < 1.29 is 0 Å². The van der Waals surface area contributed by atoms with E-state index >= 15 is 0 Å². The molecule has 0 saturated carbocycles. The molecule has 2 aliphatic heterocycles. The lowest BCUT2D eigenvalue weighted by molar-refractivity contribution is 0.170. The molecular weight excluding hydrogens is 342 g/mol. The molecule has 1 unspecified atom stereocenters. The van der Waals surface area contributed by atoms with Crippen molar-refractivity contribution in [3.63, 3.8) is 0 Å². The summed E-state index contributed by atoms with van der Waals surface area (Å²) < 4.78 is 0. The van der Waals surface area contributed by atoms with E-state index in [0.717, 1.165) is 36.2 Å². The molecule has 5 nitrogen and oxygen atoms in total. The van der Waals surface area contributed by atoms with Crippen LogP contribution in [0.2, 0.25) is 0 Å². The lowest BCUT2D eigenvalue weighted by Crippen LogP contribution is -2.49. The Bertz CT molecular complexity index is 629. The Morgan fingerprint density at radius 2 is 1.96 bits per heavy atom. The second-order valence-electron chi connectivity index (χ2n) is 6.33. The van der Waals surface area contributed by atoms with E-state index < -0.39 is 0 Å². The topological polar surface area (TPSA) is 44.3 Å². The first kappa shape index (κ1) is 17.8. The third-order valence-electron chi connectivity index (χ3n) is 4.78. The van der Waals surface area contributed by atoms with Crippen molar-refractivity contribution in [2.45, 2.75) is 19.0 Å². The van der Waals surface area contributed by atoms with Gasteiger partial charge >= 0.3 is 0 Å². The fourth-order valence-corrected chi connectivity index (χ4v) is 4.49. The molecule has 0 aliphatic carbocycles. The molecule has 2 aromatic rings. The molecule has 4 rings (SSSR count). The van der Waals surface area contributed by atoms with Crippen LogP contribution >= 0.6 is 23.7 Å². The minimum absolute atomic E-state index is 0. The van der Waals surface area contributed by atoms with Crippen molar-refractivity contribution in [2.24, 2.45) is 0 Å². The molecule has 2 fully saturated rings. The zero-order valence-corrected chi connectivity index (χ0v) is 15.4. The van der Waals surface area contributed by atoms with Gasteiger partial charge < -0.3 is 5.32 Å². The molecule has 0 spiro atoms. The van der Waals surface area contributed by atoms with Crippen LogP contribution < -0.4 is 5.32 Å². The third kappa shape index (κ3) is 4.13. The maximum absolute atomic E-state index is 4.58. The van der Waals surface area contributed by atoms with Gasteiger partial charge in [-0.05, 0) is 18.6 Å². The Morgan fingerprint density at radius 3 is 2.75 bits per heavy atom. The van der Waals surface area contributed by atoms with Gasteiger partial charge in [-0.25, -0.2) is 4.98 Å². The monoisotopic (exact) mass is 365 g/mol. The largest absolute Gasteiger partial charge is 0.314 e. The molecule has 130 valence electrons. The molecule has 0 radical (unpaired) electrons. The number of hydrogen-bond donors (Lipinski definition) is 1. The SMILES string of the molecule is Cl.c1cc(-c2ncc(CN3CCC(N4CCNCC4)C3)s2)ccn1. The molecule has 0 bridgehead atoms. The highest BCUT2D eigenvalue weighted by Crippen LogP contribution is 2.26. The Labute approximate surface area is 153 Å². The van der Waals surface area contributed by atoms with Crippen molar-refractivity contribution >= 4 is 23.7 Å². The lowest BCUT2D eigenvalue weighted by Gasteiger charge is -2.32. The van der Waals surface area contributed by atoms with Crippen molar-refractivity contribution in [3.05, 3.63) is 35.6 Å². The fraction of sp³-hybridized carbons (Fsp3) is 0.529. The number of thiazole rings is 1. The van der Waals surface area contributed by atoms with Crippen LogP contribution in [0, 0.1) is 0 Å². The van der Waals surface area contributed by atoms with Gasteiger partial charge in [-0.1, -0.05) is 0 Å². The maximum Gasteiger partial charge on any atom is 0.123 e. The summed E-state index contributed by atoms with van der Waals surface area (Å²) >= 11 is 1.81. The van der Waals surface area contributed by atoms with Crippen molar-refractivity contribution in [2.75, 3.05) is 39.3 Å². The third-order valence-corrected chi connectivity index (χ3v) is 5.81. The second kappa shape index (κ2) is 8.36. The van der Waals surface area contributed by atoms with Gasteiger partial charge in [0, 0.05) is 80.9 Å². The van der Waals surface area contributed by atoms with E-state index in [0.29, 0.717) is 0 Å². The first-order chi connectivity index (χ1) is 11.4. The van der Waals surface area contributed by atoms with Crippen LogP contribution in [0.5, 0.6) is 0 Å². The number of nitrogens with one attached hydrogen (secondary N) is 1. The summed E-state index contributed by atoms with van der Waals surface area (Å²) in [6.45, 7) is 8.11. The van der Waals surface area contributed by atoms with E-state index in [1.165, 1.54) is 37.5 Å². The van der Waals surface area contributed by atoms with E-state index in [9.17, 15) is 0 Å². The molecule has 1 atom stereocenters. The van der Waals surface area contributed by atoms with Gasteiger partial charge in [0.2, 0.25) is 0 Å². The van der Waals surface area contributed by atoms with Crippen LogP contribution in [-0.2, 0) is 6.54 Å². The molecule has 1 N–H and O–H groups in total. The summed E-state index contributed by atoms with van der Waals surface area (Å²) in [6.07, 6.45) is 7.00. The van der Waals surface area contributed by atoms with Crippen LogP contribution in [0.3, 0.4) is 0 Å². The number of rotatable bonds is 4. The molecular formula is C17H24ClN5S. The zero-order chi connectivity index (χ0) is 15.5. The summed E-state index contributed by atoms with van der Waals surface area (Å²) in [4.78, 5) is 15.3. The number of likely N-dealkylation sites (tertiary alicyclic amines) is 1. The van der Waals surface area contributed by atoms with E-state index in [1.807, 2.05) is 30.7 Å². The molecule has 0 amide bonds. The van der Waals surface area contributed by atoms with E-state index in [4.69, 9.17) is 0 Å². The average molecular weight is 366 g/mol. The number of piperazine rings is 1. The molecule has 2 saturated heterocycles. The number of hydrogen-bond acceptors (Lipinski definition) is 6. The molecule has 2 aromatic heterocycles. The number of aromatic nitrogens is 2.